The molecule has 0 aliphatic carbocycles. The number of ether oxygens (including phenoxy) is 6. The van der Waals surface area contributed by atoms with Crippen LogP contribution in [-0.2, 0) is 47.7 Å². The van der Waals surface area contributed by atoms with Gasteiger partial charge in [-0.25, -0.2) is 28.8 Å². The highest BCUT2D eigenvalue weighted by atomic mass is 16.6. The summed E-state index contributed by atoms with van der Waals surface area (Å²) in [5.74, 6) is 0. The molecule has 0 heterocycles. The molecule has 69 heavy (non-hydrogen) atoms. The normalized spacial score (nSPS) is 9.83. The van der Waals surface area contributed by atoms with Gasteiger partial charge in [-0.3, -0.25) is 31.9 Å². The molecule has 6 N–H and O–H groups in total. The molecule has 6 aromatic carbocycles. The quantitative estimate of drug-likeness (QED) is 0.0630. The summed E-state index contributed by atoms with van der Waals surface area (Å²) in [5.41, 5.74) is 10.1. The van der Waals surface area contributed by atoms with Gasteiger partial charge in [-0.05, 0) is 101 Å². The van der Waals surface area contributed by atoms with Crippen LogP contribution in [0.15, 0.2) is 146 Å². The molecule has 0 unspecified atom stereocenters. The Hall–Kier alpha value is -9.06. The molecule has 18 heteroatoms. The van der Waals surface area contributed by atoms with Gasteiger partial charge in [0.25, 0.3) is 0 Å². The monoisotopic (exact) mass is 942 g/mol. The molecular formula is C51H54N6O12. The van der Waals surface area contributed by atoms with Gasteiger partial charge >= 0.3 is 36.6 Å². The van der Waals surface area contributed by atoms with Crippen LogP contribution < -0.4 is 31.9 Å². The van der Waals surface area contributed by atoms with Gasteiger partial charge in [-0.1, -0.05) is 91.0 Å². The molecule has 0 atom stereocenters. The summed E-state index contributed by atoms with van der Waals surface area (Å²) >= 11 is 0. The molecule has 18 nitrogen and oxygen atoms in total. The molecule has 0 spiro atoms. The van der Waals surface area contributed by atoms with Gasteiger partial charge in [0, 0.05) is 40.5 Å². The fraction of sp³-hybridized carbons (Fsp3) is 0.176. The summed E-state index contributed by atoms with van der Waals surface area (Å²) in [7, 11) is 7.91. The van der Waals surface area contributed by atoms with Gasteiger partial charge in [0.05, 0.1) is 42.7 Å². The molecular weight excluding hydrogens is 889 g/mol. The second kappa shape index (κ2) is 28.1. The Balaban J connectivity index is 0.000000225. The van der Waals surface area contributed by atoms with E-state index in [2.05, 4.69) is 60.3 Å². The Morgan fingerprint density at radius 2 is 0.522 bits per heavy atom. The summed E-state index contributed by atoms with van der Waals surface area (Å²) in [5, 5.41) is 15.8. The number of anilines is 6. The van der Waals surface area contributed by atoms with Crippen LogP contribution in [0.4, 0.5) is 62.9 Å². The number of hydrogen-bond donors (Lipinski definition) is 6. The molecule has 0 aromatic heterocycles. The van der Waals surface area contributed by atoms with Gasteiger partial charge in [0.1, 0.15) is 0 Å². The maximum Gasteiger partial charge on any atom is 0.411 e. The minimum absolute atomic E-state index is 0.494. The molecule has 0 fully saturated rings. The van der Waals surface area contributed by atoms with Crippen molar-refractivity contribution in [3.05, 3.63) is 179 Å². The minimum Gasteiger partial charge on any atom is -0.453 e. The van der Waals surface area contributed by atoms with E-state index in [9.17, 15) is 28.8 Å². The van der Waals surface area contributed by atoms with E-state index in [1.165, 1.54) is 42.7 Å². The third-order valence-corrected chi connectivity index (χ3v) is 9.66. The first-order valence-electron chi connectivity index (χ1n) is 21.0. The van der Waals surface area contributed by atoms with Crippen LogP contribution in [-0.4, -0.2) is 79.2 Å². The van der Waals surface area contributed by atoms with Crippen LogP contribution in [0.5, 0.6) is 0 Å². The molecule has 0 aliphatic heterocycles. The fourth-order valence-corrected chi connectivity index (χ4v) is 6.16. The van der Waals surface area contributed by atoms with Crippen LogP contribution >= 0.6 is 0 Å². The number of hydrogen-bond acceptors (Lipinski definition) is 12. The predicted molar refractivity (Wildman–Crippen MR) is 263 cm³/mol. The number of nitrogens with one attached hydrogen (secondary N) is 6. The third-order valence-electron chi connectivity index (χ3n) is 9.66. The van der Waals surface area contributed by atoms with Crippen molar-refractivity contribution in [1.82, 2.24) is 0 Å². The van der Waals surface area contributed by atoms with Crippen molar-refractivity contribution in [3.8, 4) is 0 Å². The largest absolute Gasteiger partial charge is 0.453 e. The first kappa shape index (κ1) is 52.6. The highest BCUT2D eigenvalue weighted by Crippen LogP contribution is 2.25. The van der Waals surface area contributed by atoms with Crippen LogP contribution in [0.3, 0.4) is 0 Å². The molecule has 6 rings (SSSR count). The van der Waals surface area contributed by atoms with E-state index in [0.29, 0.717) is 47.0 Å². The maximum absolute atomic E-state index is 11.4. The van der Waals surface area contributed by atoms with Crippen molar-refractivity contribution >= 4 is 70.7 Å². The van der Waals surface area contributed by atoms with Crippen molar-refractivity contribution in [2.45, 2.75) is 19.3 Å². The number of carbonyl (C=O) groups is 6. The molecule has 360 valence electrons. The Kier molecular flexibility index (Phi) is 21.4. The smallest absolute Gasteiger partial charge is 0.411 e. The highest BCUT2D eigenvalue weighted by molar-refractivity contribution is 5.88. The molecule has 0 saturated carbocycles. The molecule has 0 saturated heterocycles. The van der Waals surface area contributed by atoms with Gasteiger partial charge in [0.15, 0.2) is 0 Å². The van der Waals surface area contributed by atoms with Crippen LogP contribution in [0, 0.1) is 0 Å². The number of para-hydroxylation sites is 3. The molecule has 6 aromatic rings. The third kappa shape index (κ3) is 18.4. The standard InChI is InChI=1S/3C17H18N2O4/c1-22-16(20)18-14-7-3-12(4-8-14)11-13-5-9-15(10-6-13)19-17(21)23-2;1-22-16(20)18-14-9-5-3-7-12(14)11-13-8-4-6-10-15(13)19-17(21)23-2;1-22-16(20)18-14-9-7-12(8-10-14)11-13-5-3-4-6-15(13)19-17(21)23-2/h3*3-10H,11H2,1-2H3,(H,18,20)(H,19,21). The highest BCUT2D eigenvalue weighted by Gasteiger charge is 2.12. The van der Waals surface area contributed by atoms with Gasteiger partial charge < -0.3 is 28.4 Å². The fourth-order valence-electron chi connectivity index (χ4n) is 6.16. The number of methoxy groups -OCH3 is 6. The zero-order valence-corrected chi connectivity index (χ0v) is 38.9. The molecule has 6 amide bonds. The second-order valence-electron chi connectivity index (χ2n) is 14.3. The second-order valence-corrected chi connectivity index (χ2v) is 14.3. The van der Waals surface area contributed by atoms with Gasteiger partial charge in [0.2, 0.25) is 0 Å². The summed E-state index contributed by atoms with van der Waals surface area (Å²) < 4.78 is 27.5. The topological polar surface area (TPSA) is 230 Å². The van der Waals surface area contributed by atoms with Crippen molar-refractivity contribution in [1.29, 1.82) is 0 Å². The lowest BCUT2D eigenvalue weighted by Gasteiger charge is -2.13. The van der Waals surface area contributed by atoms with Gasteiger partial charge in [-0.2, -0.15) is 0 Å². The summed E-state index contributed by atoms with van der Waals surface area (Å²) in [6, 6.07) is 44.7. The zero-order chi connectivity index (χ0) is 50.0. The lowest BCUT2D eigenvalue weighted by molar-refractivity contribution is 0.186. The average Bonchev–Trinajstić information content (AvgIpc) is 3.37. The minimum atomic E-state index is -0.529. The summed E-state index contributed by atoms with van der Waals surface area (Å²) in [6.07, 6.45) is -1.15. The molecule has 0 bridgehead atoms. The van der Waals surface area contributed by atoms with Crippen molar-refractivity contribution in [2.24, 2.45) is 0 Å². The van der Waals surface area contributed by atoms with Gasteiger partial charge in [-0.15, -0.1) is 0 Å². The van der Waals surface area contributed by atoms with Crippen LogP contribution in [0.1, 0.15) is 33.4 Å². The van der Waals surface area contributed by atoms with Crippen molar-refractivity contribution in [2.75, 3.05) is 74.6 Å². The lowest BCUT2D eigenvalue weighted by Crippen LogP contribution is -2.14. The first-order chi connectivity index (χ1) is 33.4. The predicted octanol–water partition coefficient (Wildman–Crippen LogP) is 10.9. The van der Waals surface area contributed by atoms with E-state index in [0.717, 1.165) is 39.8 Å². The number of amides is 6. The van der Waals surface area contributed by atoms with Crippen molar-refractivity contribution < 1.29 is 57.2 Å². The number of rotatable bonds is 12. The Morgan fingerprint density at radius 1 is 0.290 bits per heavy atom. The Labute approximate surface area is 399 Å². The van der Waals surface area contributed by atoms with Crippen LogP contribution in [0.25, 0.3) is 0 Å². The lowest BCUT2D eigenvalue weighted by atomic mass is 10.0. The van der Waals surface area contributed by atoms with E-state index in [1.54, 1.807) is 24.3 Å². The molecule has 0 radical (unpaired) electrons. The van der Waals surface area contributed by atoms with E-state index < -0.39 is 36.6 Å². The summed E-state index contributed by atoms with van der Waals surface area (Å²) in [4.78, 5) is 67.6. The molecule has 0 aliphatic rings. The van der Waals surface area contributed by atoms with Crippen molar-refractivity contribution in [3.63, 3.8) is 0 Å². The maximum atomic E-state index is 11.4. The SMILES string of the molecule is COC(=O)Nc1ccc(Cc2ccc(NC(=O)OC)cc2)cc1.COC(=O)Nc1ccc(Cc2ccccc2NC(=O)OC)cc1.COC(=O)Nc1ccccc1Cc1ccccc1NC(=O)OC. The zero-order valence-electron chi connectivity index (χ0n) is 38.9. The number of benzene rings is 6. The van der Waals surface area contributed by atoms with E-state index in [1.807, 2.05) is 121 Å². The average molecular weight is 943 g/mol. The summed E-state index contributed by atoms with van der Waals surface area (Å²) in [6.45, 7) is 0. The number of carbonyl (C=O) groups excluding carboxylic acids is 6. The Morgan fingerprint density at radius 3 is 0.797 bits per heavy atom. The van der Waals surface area contributed by atoms with E-state index >= 15 is 0 Å². The first-order valence-corrected chi connectivity index (χ1v) is 21.0. The van der Waals surface area contributed by atoms with E-state index in [4.69, 9.17) is 0 Å². The van der Waals surface area contributed by atoms with Crippen LogP contribution in [0.2, 0.25) is 0 Å². The Bertz CT molecular complexity index is 2510. The van der Waals surface area contributed by atoms with E-state index in [-0.39, 0.29) is 0 Å².